The highest BCUT2D eigenvalue weighted by Crippen LogP contribution is 2.46. The molecule has 34 heavy (non-hydrogen) atoms. The zero-order valence-corrected chi connectivity index (χ0v) is 19.5. The second-order valence-electron chi connectivity index (χ2n) is 7.27. The number of phenols is 1. The van der Waals surface area contributed by atoms with Crippen LogP contribution in [0, 0.1) is 0 Å². The standard InChI is InChI=1S/C24H18Cl2N2O6/c1-33-18-11-15(26)19(34-2)10-14(18)22(30)20-21(12-5-7-27-8-6-12)28(24(32)23(20)31)16-9-13(25)3-4-17(16)29/h3-11,21,29-30H,1-2H3/b22-20+. The Kier molecular flexibility index (Phi) is 6.37. The molecule has 8 nitrogen and oxygen atoms in total. The largest absolute Gasteiger partial charge is 0.507 e. The number of rotatable bonds is 5. The number of ketones is 1. The summed E-state index contributed by atoms with van der Waals surface area (Å²) < 4.78 is 10.6. The SMILES string of the molecule is COc1cc(/C(O)=C2\C(=O)C(=O)N(c3cc(Cl)ccc3O)C2c2ccncc2)c(OC)cc1Cl. The van der Waals surface area contributed by atoms with Crippen LogP contribution in [0.2, 0.25) is 10.0 Å². The Morgan fingerprint density at radius 3 is 2.32 bits per heavy atom. The third kappa shape index (κ3) is 3.91. The Labute approximate surface area is 204 Å². The van der Waals surface area contributed by atoms with Crippen LogP contribution in [0.1, 0.15) is 17.2 Å². The molecule has 2 N–H and O–H groups in total. The number of pyridine rings is 1. The van der Waals surface area contributed by atoms with E-state index in [1.807, 2.05) is 0 Å². The van der Waals surface area contributed by atoms with Crippen LogP contribution in [0.15, 0.2) is 60.4 Å². The Hall–Kier alpha value is -3.75. The molecule has 2 heterocycles. The van der Waals surface area contributed by atoms with Gasteiger partial charge < -0.3 is 19.7 Å². The minimum Gasteiger partial charge on any atom is -0.507 e. The van der Waals surface area contributed by atoms with Gasteiger partial charge in [0.2, 0.25) is 0 Å². The maximum absolute atomic E-state index is 13.3. The van der Waals surface area contributed by atoms with Crippen molar-refractivity contribution in [3.63, 3.8) is 0 Å². The van der Waals surface area contributed by atoms with Gasteiger partial charge in [-0.3, -0.25) is 19.5 Å². The van der Waals surface area contributed by atoms with E-state index in [4.69, 9.17) is 32.7 Å². The monoisotopic (exact) mass is 500 g/mol. The lowest BCUT2D eigenvalue weighted by Crippen LogP contribution is -2.29. The number of methoxy groups -OCH3 is 2. The van der Waals surface area contributed by atoms with Gasteiger partial charge in [-0.1, -0.05) is 23.2 Å². The summed E-state index contributed by atoms with van der Waals surface area (Å²) in [6.45, 7) is 0. The zero-order chi connectivity index (χ0) is 24.6. The fraction of sp³-hybridized carbons (Fsp3) is 0.125. The highest BCUT2D eigenvalue weighted by Gasteiger charge is 2.48. The van der Waals surface area contributed by atoms with Gasteiger partial charge in [0.05, 0.1) is 42.1 Å². The number of carbonyl (C=O) groups excluding carboxylic acids is 2. The number of anilines is 1. The van der Waals surface area contributed by atoms with Crippen molar-refractivity contribution in [1.82, 2.24) is 4.98 Å². The molecule has 0 aliphatic carbocycles. The maximum atomic E-state index is 13.3. The van der Waals surface area contributed by atoms with Crippen molar-refractivity contribution in [2.24, 2.45) is 0 Å². The van der Waals surface area contributed by atoms with Crippen LogP contribution in [0.3, 0.4) is 0 Å². The topological polar surface area (TPSA) is 109 Å². The summed E-state index contributed by atoms with van der Waals surface area (Å²) in [5, 5.41) is 22.3. The molecule has 174 valence electrons. The Morgan fingerprint density at radius 2 is 1.68 bits per heavy atom. The lowest BCUT2D eigenvalue weighted by Gasteiger charge is -2.26. The van der Waals surface area contributed by atoms with E-state index in [2.05, 4.69) is 4.98 Å². The Morgan fingerprint density at radius 1 is 1.00 bits per heavy atom. The Bertz CT molecular complexity index is 1330. The second kappa shape index (κ2) is 9.24. The van der Waals surface area contributed by atoms with Crippen molar-refractivity contribution >= 4 is 46.3 Å². The number of aliphatic hydroxyl groups excluding tert-OH is 1. The summed E-state index contributed by atoms with van der Waals surface area (Å²) in [5.41, 5.74) is 0.348. The zero-order valence-electron chi connectivity index (χ0n) is 18.0. The van der Waals surface area contributed by atoms with Gasteiger partial charge in [0, 0.05) is 23.5 Å². The molecule has 0 radical (unpaired) electrons. The minimum atomic E-state index is -1.10. The first-order chi connectivity index (χ1) is 16.3. The van der Waals surface area contributed by atoms with Crippen LogP contribution in [0.5, 0.6) is 17.2 Å². The first-order valence-electron chi connectivity index (χ1n) is 9.89. The van der Waals surface area contributed by atoms with E-state index in [-0.39, 0.29) is 44.1 Å². The number of hydrogen-bond donors (Lipinski definition) is 2. The van der Waals surface area contributed by atoms with Crippen LogP contribution < -0.4 is 14.4 Å². The van der Waals surface area contributed by atoms with E-state index in [1.54, 1.807) is 12.1 Å². The van der Waals surface area contributed by atoms with Crippen LogP contribution in [-0.2, 0) is 9.59 Å². The molecule has 0 spiro atoms. The highest BCUT2D eigenvalue weighted by atomic mass is 35.5. The van der Waals surface area contributed by atoms with Gasteiger partial charge in [-0.25, -0.2) is 0 Å². The van der Waals surface area contributed by atoms with E-state index in [0.29, 0.717) is 5.56 Å². The molecule has 1 saturated heterocycles. The number of nitrogens with zero attached hydrogens (tertiary/aromatic N) is 2. The molecule has 1 aliphatic heterocycles. The number of aromatic nitrogens is 1. The predicted octanol–water partition coefficient (Wildman–Crippen LogP) is 4.74. The third-order valence-electron chi connectivity index (χ3n) is 5.39. The summed E-state index contributed by atoms with van der Waals surface area (Å²) in [6, 6.07) is 9.05. The van der Waals surface area contributed by atoms with Gasteiger partial charge in [0.25, 0.3) is 11.7 Å². The summed E-state index contributed by atoms with van der Waals surface area (Å²) in [5.74, 6) is -2.30. The predicted molar refractivity (Wildman–Crippen MR) is 127 cm³/mol. The molecule has 1 aromatic heterocycles. The molecule has 0 bridgehead atoms. The summed E-state index contributed by atoms with van der Waals surface area (Å²) >= 11 is 12.3. The second-order valence-corrected chi connectivity index (χ2v) is 8.11. The number of hydrogen-bond acceptors (Lipinski definition) is 7. The quantitative estimate of drug-likeness (QED) is 0.295. The average molecular weight is 501 g/mol. The van der Waals surface area contributed by atoms with E-state index >= 15 is 0 Å². The number of phenolic OH excluding ortho intramolecular Hbond substituents is 1. The number of ether oxygens (including phenoxy) is 2. The molecule has 1 atom stereocenters. The molecular weight excluding hydrogens is 483 g/mol. The molecule has 4 rings (SSSR count). The molecular formula is C24H18Cl2N2O6. The summed E-state index contributed by atoms with van der Waals surface area (Å²) in [4.78, 5) is 31.6. The summed E-state index contributed by atoms with van der Waals surface area (Å²) in [6.07, 6.45) is 2.97. The molecule has 10 heteroatoms. The average Bonchev–Trinajstić information content (AvgIpc) is 3.10. The number of halogens is 2. The Balaban J connectivity index is 2.02. The molecule has 2 aromatic carbocycles. The molecule has 1 fully saturated rings. The lowest BCUT2D eigenvalue weighted by molar-refractivity contribution is -0.132. The fourth-order valence-corrected chi connectivity index (χ4v) is 4.22. The first kappa shape index (κ1) is 23.4. The van der Waals surface area contributed by atoms with Crippen LogP contribution in [-0.4, -0.2) is 41.1 Å². The molecule has 1 aliphatic rings. The lowest BCUT2D eigenvalue weighted by atomic mass is 9.95. The van der Waals surface area contributed by atoms with E-state index in [0.717, 1.165) is 4.90 Å². The number of Topliss-reactive ketones (excluding diaryl/α,β-unsaturated/α-hetero) is 1. The van der Waals surface area contributed by atoms with Gasteiger partial charge in [0.1, 0.15) is 23.0 Å². The van der Waals surface area contributed by atoms with Gasteiger partial charge in [-0.15, -0.1) is 0 Å². The number of aliphatic hydroxyl groups is 1. The molecule has 3 aromatic rings. The molecule has 0 saturated carbocycles. The normalized spacial score (nSPS) is 17.2. The van der Waals surface area contributed by atoms with Crippen molar-refractivity contribution in [2.45, 2.75) is 6.04 Å². The molecule has 1 unspecified atom stereocenters. The van der Waals surface area contributed by atoms with Crippen molar-refractivity contribution in [1.29, 1.82) is 0 Å². The third-order valence-corrected chi connectivity index (χ3v) is 5.92. The highest BCUT2D eigenvalue weighted by molar-refractivity contribution is 6.52. The van der Waals surface area contributed by atoms with Crippen molar-refractivity contribution < 1.29 is 29.3 Å². The van der Waals surface area contributed by atoms with E-state index in [9.17, 15) is 19.8 Å². The number of aromatic hydroxyl groups is 1. The van der Waals surface area contributed by atoms with E-state index in [1.165, 1.54) is 56.9 Å². The van der Waals surface area contributed by atoms with Crippen molar-refractivity contribution in [3.05, 3.63) is 81.6 Å². The number of benzene rings is 2. The van der Waals surface area contributed by atoms with E-state index < -0.39 is 23.5 Å². The van der Waals surface area contributed by atoms with Gasteiger partial charge >= 0.3 is 0 Å². The van der Waals surface area contributed by atoms with Crippen LogP contribution in [0.4, 0.5) is 5.69 Å². The van der Waals surface area contributed by atoms with Crippen LogP contribution >= 0.6 is 23.2 Å². The maximum Gasteiger partial charge on any atom is 0.300 e. The number of amides is 1. The van der Waals surface area contributed by atoms with Crippen molar-refractivity contribution in [3.8, 4) is 17.2 Å². The smallest absolute Gasteiger partial charge is 0.300 e. The minimum absolute atomic E-state index is 0.0103. The summed E-state index contributed by atoms with van der Waals surface area (Å²) in [7, 11) is 2.77. The van der Waals surface area contributed by atoms with Gasteiger partial charge in [-0.05, 0) is 42.0 Å². The first-order valence-corrected chi connectivity index (χ1v) is 10.7. The molecule has 1 amide bonds. The fourth-order valence-electron chi connectivity index (χ4n) is 3.82. The van der Waals surface area contributed by atoms with Crippen molar-refractivity contribution in [2.75, 3.05) is 19.1 Å². The van der Waals surface area contributed by atoms with Gasteiger partial charge in [0.15, 0.2) is 0 Å². The van der Waals surface area contributed by atoms with Gasteiger partial charge in [-0.2, -0.15) is 0 Å². The van der Waals surface area contributed by atoms with Crippen LogP contribution in [0.25, 0.3) is 5.76 Å². The number of carbonyl (C=O) groups is 2.